The zero-order chi connectivity index (χ0) is 17.7. The second-order valence-electron chi connectivity index (χ2n) is 5.83. The molecule has 132 valence electrons. The Morgan fingerprint density at radius 2 is 1.96 bits per heavy atom. The number of hydrogen-bond acceptors (Lipinski definition) is 5. The van der Waals surface area contributed by atoms with E-state index in [1.54, 1.807) is 4.90 Å². The summed E-state index contributed by atoms with van der Waals surface area (Å²) in [5.74, 6) is -0.309. The fraction of sp³-hybridized carbons (Fsp3) is 0.500. The molecule has 1 fully saturated rings. The fourth-order valence-corrected chi connectivity index (χ4v) is 3.09. The number of rotatable bonds is 4. The highest BCUT2D eigenvalue weighted by atomic mass is 32.1. The van der Waals surface area contributed by atoms with E-state index in [0.29, 0.717) is 11.7 Å². The van der Waals surface area contributed by atoms with Crippen molar-refractivity contribution >= 4 is 23.2 Å². The van der Waals surface area contributed by atoms with Crippen LogP contribution in [0.1, 0.15) is 12.5 Å². The Bertz CT molecular complexity index is 572. The molecule has 2 rings (SSSR count). The van der Waals surface area contributed by atoms with Crippen molar-refractivity contribution in [3.8, 4) is 0 Å². The van der Waals surface area contributed by atoms with Gasteiger partial charge in [0.1, 0.15) is 12.2 Å². The number of likely N-dealkylation sites (tertiary alicyclic amines) is 1. The molecule has 7 nitrogen and oxygen atoms in total. The lowest BCUT2D eigenvalue weighted by Gasteiger charge is -2.46. The largest absolute Gasteiger partial charge is 0.394 e. The summed E-state index contributed by atoms with van der Waals surface area (Å²) in [6, 6.07) is 8.26. The second-order valence-corrected chi connectivity index (χ2v) is 6.22. The normalized spacial score (nSPS) is 26.8. The van der Waals surface area contributed by atoms with Crippen LogP contribution >= 0.6 is 12.2 Å². The van der Waals surface area contributed by atoms with Crippen molar-refractivity contribution in [1.29, 1.82) is 0 Å². The Hall–Kier alpha value is -1.74. The molecule has 1 aromatic carbocycles. The number of thiocarbonyl (C=S) groups is 1. The number of hydrogen-bond donors (Lipinski definition) is 5. The van der Waals surface area contributed by atoms with E-state index < -0.39 is 24.3 Å². The number of amides is 1. The van der Waals surface area contributed by atoms with Crippen LogP contribution in [0.2, 0.25) is 0 Å². The summed E-state index contributed by atoms with van der Waals surface area (Å²) in [7, 11) is 0. The maximum atomic E-state index is 11.3. The first-order valence-electron chi connectivity index (χ1n) is 7.76. The quantitative estimate of drug-likeness (QED) is 0.441. The minimum atomic E-state index is -1.22. The van der Waals surface area contributed by atoms with Crippen LogP contribution in [0.15, 0.2) is 30.3 Å². The number of nitrogens with one attached hydrogen (secondary N) is 2. The highest BCUT2D eigenvalue weighted by Crippen LogP contribution is 2.19. The third kappa shape index (κ3) is 4.41. The predicted molar refractivity (Wildman–Crippen MR) is 93.1 cm³/mol. The molecule has 1 heterocycles. The summed E-state index contributed by atoms with van der Waals surface area (Å²) >= 11 is 5.37. The average molecular weight is 353 g/mol. The lowest BCUT2D eigenvalue weighted by molar-refractivity contribution is -0.125. The van der Waals surface area contributed by atoms with Gasteiger partial charge < -0.3 is 30.9 Å². The summed E-state index contributed by atoms with van der Waals surface area (Å²) in [5, 5.41) is 36.0. The standard InChI is InChI=1S/C16H23N3O4S/c1-10(21)18-12-8-19(13(9-20)15(23)14(12)22)16(24)17-7-11-5-3-2-4-6-11/h2-6,12-15,20,22-23H,7-9H2,1H3,(H,17,24)(H,18,21)/t12-,13+,14-,15+/m0/s1. The Balaban J connectivity index is 2.06. The van der Waals surface area contributed by atoms with E-state index >= 15 is 0 Å². The zero-order valence-electron chi connectivity index (χ0n) is 13.4. The van der Waals surface area contributed by atoms with Crippen LogP contribution in [0.4, 0.5) is 0 Å². The smallest absolute Gasteiger partial charge is 0.217 e. The predicted octanol–water partition coefficient (Wildman–Crippen LogP) is -1.04. The molecular formula is C16H23N3O4S. The van der Waals surface area contributed by atoms with Crippen molar-refractivity contribution in [1.82, 2.24) is 15.5 Å². The van der Waals surface area contributed by atoms with E-state index in [0.717, 1.165) is 5.56 Å². The van der Waals surface area contributed by atoms with Gasteiger partial charge in [0.05, 0.1) is 18.7 Å². The van der Waals surface area contributed by atoms with Gasteiger partial charge in [-0.25, -0.2) is 0 Å². The van der Waals surface area contributed by atoms with E-state index in [2.05, 4.69) is 10.6 Å². The molecular weight excluding hydrogens is 330 g/mol. The topological polar surface area (TPSA) is 105 Å². The van der Waals surface area contributed by atoms with Gasteiger partial charge in [-0.3, -0.25) is 4.79 Å². The molecule has 0 unspecified atom stereocenters. The number of carbonyl (C=O) groups is 1. The third-order valence-electron chi connectivity index (χ3n) is 4.07. The first kappa shape index (κ1) is 18.6. The molecule has 8 heteroatoms. The lowest BCUT2D eigenvalue weighted by atomic mass is 9.92. The van der Waals surface area contributed by atoms with Gasteiger partial charge in [-0.15, -0.1) is 0 Å². The van der Waals surface area contributed by atoms with E-state index in [1.807, 2.05) is 30.3 Å². The number of aliphatic hydroxyl groups is 3. The molecule has 0 spiro atoms. The zero-order valence-corrected chi connectivity index (χ0v) is 14.2. The highest BCUT2D eigenvalue weighted by molar-refractivity contribution is 7.80. The summed E-state index contributed by atoms with van der Waals surface area (Å²) in [4.78, 5) is 12.9. The lowest BCUT2D eigenvalue weighted by Crippen LogP contribution is -2.68. The van der Waals surface area contributed by atoms with Crippen LogP contribution < -0.4 is 10.6 Å². The maximum Gasteiger partial charge on any atom is 0.217 e. The molecule has 0 saturated carbocycles. The average Bonchev–Trinajstić information content (AvgIpc) is 2.57. The van der Waals surface area contributed by atoms with E-state index in [1.165, 1.54) is 6.92 Å². The number of benzene rings is 1. The summed E-state index contributed by atoms with van der Waals surface area (Å²) in [6.07, 6.45) is -2.39. The summed E-state index contributed by atoms with van der Waals surface area (Å²) in [5.41, 5.74) is 1.04. The van der Waals surface area contributed by atoms with Gasteiger partial charge in [-0.05, 0) is 17.8 Å². The van der Waals surface area contributed by atoms with Crippen LogP contribution in [0.5, 0.6) is 0 Å². The van der Waals surface area contributed by atoms with Gasteiger partial charge in [0.15, 0.2) is 5.11 Å². The van der Waals surface area contributed by atoms with Gasteiger partial charge >= 0.3 is 0 Å². The maximum absolute atomic E-state index is 11.3. The Morgan fingerprint density at radius 1 is 1.29 bits per heavy atom. The van der Waals surface area contributed by atoms with Crippen LogP contribution in [-0.2, 0) is 11.3 Å². The monoisotopic (exact) mass is 353 g/mol. The van der Waals surface area contributed by atoms with Gasteiger partial charge in [0.2, 0.25) is 5.91 Å². The first-order chi connectivity index (χ1) is 11.4. The molecule has 0 bridgehead atoms. The van der Waals surface area contributed by atoms with Gasteiger partial charge in [0.25, 0.3) is 0 Å². The summed E-state index contributed by atoms with van der Waals surface area (Å²) in [6.45, 7) is 1.67. The van der Waals surface area contributed by atoms with Crippen molar-refractivity contribution in [3.05, 3.63) is 35.9 Å². The van der Waals surface area contributed by atoms with Crippen molar-refractivity contribution in [2.75, 3.05) is 13.2 Å². The van der Waals surface area contributed by atoms with Crippen molar-refractivity contribution in [2.24, 2.45) is 0 Å². The van der Waals surface area contributed by atoms with Crippen molar-refractivity contribution in [3.63, 3.8) is 0 Å². The van der Waals surface area contributed by atoms with Crippen LogP contribution in [0, 0.1) is 0 Å². The van der Waals surface area contributed by atoms with Crippen molar-refractivity contribution < 1.29 is 20.1 Å². The minimum absolute atomic E-state index is 0.198. The number of carbonyl (C=O) groups excluding carboxylic acids is 1. The molecule has 0 radical (unpaired) electrons. The highest BCUT2D eigenvalue weighted by Gasteiger charge is 2.43. The molecule has 0 aliphatic carbocycles. The Morgan fingerprint density at radius 3 is 2.54 bits per heavy atom. The Labute approximate surface area is 146 Å². The SMILES string of the molecule is CC(=O)N[C@H]1CN(C(=S)NCc2ccccc2)[C@H](CO)[C@@H](O)[C@H]1O. The summed E-state index contributed by atoms with van der Waals surface area (Å²) < 4.78 is 0. The van der Waals surface area contributed by atoms with Gasteiger partial charge in [-0.1, -0.05) is 30.3 Å². The molecule has 1 saturated heterocycles. The van der Waals surface area contributed by atoms with Crippen LogP contribution in [0.3, 0.4) is 0 Å². The van der Waals surface area contributed by atoms with Gasteiger partial charge in [-0.2, -0.15) is 0 Å². The minimum Gasteiger partial charge on any atom is -0.394 e. The fourth-order valence-electron chi connectivity index (χ4n) is 2.81. The van der Waals surface area contributed by atoms with Crippen molar-refractivity contribution in [2.45, 2.75) is 37.8 Å². The van der Waals surface area contributed by atoms with E-state index in [4.69, 9.17) is 12.2 Å². The number of nitrogens with zero attached hydrogens (tertiary/aromatic N) is 1. The van der Waals surface area contributed by atoms with Crippen LogP contribution in [-0.4, -0.2) is 68.7 Å². The Kier molecular flexibility index (Phi) is 6.50. The molecule has 24 heavy (non-hydrogen) atoms. The molecule has 4 atom stereocenters. The second kappa shape index (κ2) is 8.39. The third-order valence-corrected chi connectivity index (χ3v) is 4.45. The first-order valence-corrected chi connectivity index (χ1v) is 8.17. The molecule has 1 aliphatic heterocycles. The molecule has 5 N–H and O–H groups in total. The number of aliphatic hydroxyl groups excluding tert-OH is 3. The van der Waals surface area contributed by atoms with Crippen LogP contribution in [0.25, 0.3) is 0 Å². The molecule has 1 amide bonds. The van der Waals surface area contributed by atoms with E-state index in [9.17, 15) is 20.1 Å². The number of piperidine rings is 1. The molecule has 1 aromatic rings. The van der Waals surface area contributed by atoms with Gasteiger partial charge in [0, 0.05) is 20.0 Å². The molecule has 0 aromatic heterocycles. The van der Waals surface area contributed by atoms with E-state index in [-0.39, 0.29) is 19.1 Å². The molecule has 1 aliphatic rings.